The van der Waals surface area contributed by atoms with Gasteiger partial charge in [0, 0.05) is 22.5 Å². The number of aromatic amines is 1. The molecule has 0 fully saturated rings. The van der Waals surface area contributed by atoms with Gasteiger partial charge in [0.2, 0.25) is 0 Å². The quantitative estimate of drug-likeness (QED) is 0.639. The van der Waals surface area contributed by atoms with Gasteiger partial charge in [0.25, 0.3) is 0 Å². The Morgan fingerprint density at radius 3 is 2.24 bits per heavy atom. The van der Waals surface area contributed by atoms with Crippen LogP contribution in [-0.4, -0.2) is 22.3 Å². The molecule has 0 unspecified atom stereocenters. The average molecular weight is 281 g/mol. The summed E-state index contributed by atoms with van der Waals surface area (Å²) in [6.45, 7) is 0. The molecule has 3 rings (SSSR count). The zero-order valence-corrected chi connectivity index (χ0v) is 11.5. The van der Waals surface area contributed by atoms with Crippen molar-refractivity contribution < 1.29 is 4.74 Å². The molecule has 0 radical (unpaired) electrons. The van der Waals surface area contributed by atoms with Crippen LogP contribution < -0.4 is 16.2 Å². The maximum atomic E-state index is 5.79. The second-order valence-electron chi connectivity index (χ2n) is 4.62. The first-order chi connectivity index (χ1) is 10.2. The molecule has 0 bridgehead atoms. The van der Waals surface area contributed by atoms with Crippen molar-refractivity contribution in [3.63, 3.8) is 0 Å². The van der Waals surface area contributed by atoms with Gasteiger partial charge >= 0.3 is 0 Å². The van der Waals surface area contributed by atoms with Crippen molar-refractivity contribution in [2.24, 2.45) is 0 Å². The number of hydrogen-bond donors (Lipinski definition) is 3. The molecule has 3 aromatic rings. The number of H-pyrrole nitrogens is 1. The van der Waals surface area contributed by atoms with Crippen LogP contribution in [0.15, 0.2) is 42.5 Å². The van der Waals surface area contributed by atoms with Crippen molar-refractivity contribution in [2.75, 3.05) is 18.6 Å². The van der Waals surface area contributed by atoms with Crippen molar-refractivity contribution in [2.45, 2.75) is 0 Å². The number of methoxy groups -OCH3 is 1. The number of benzene rings is 2. The topological polar surface area (TPSA) is 103 Å². The molecule has 0 aliphatic carbocycles. The van der Waals surface area contributed by atoms with E-state index in [4.69, 9.17) is 16.2 Å². The van der Waals surface area contributed by atoms with E-state index < -0.39 is 0 Å². The largest absolute Gasteiger partial charge is 0.497 e. The maximum Gasteiger partial charge on any atom is 0.181 e. The van der Waals surface area contributed by atoms with E-state index in [2.05, 4.69) is 15.2 Å². The monoisotopic (exact) mass is 281 g/mol. The van der Waals surface area contributed by atoms with E-state index in [0.29, 0.717) is 23.0 Å². The number of rotatable bonds is 3. The van der Waals surface area contributed by atoms with Crippen molar-refractivity contribution in [3.8, 4) is 28.5 Å². The van der Waals surface area contributed by atoms with Crippen LogP contribution in [0.2, 0.25) is 0 Å². The molecule has 1 heterocycles. The Morgan fingerprint density at radius 2 is 1.62 bits per heavy atom. The van der Waals surface area contributed by atoms with Crippen LogP contribution >= 0.6 is 0 Å². The lowest BCUT2D eigenvalue weighted by Crippen LogP contribution is -1.92. The van der Waals surface area contributed by atoms with E-state index >= 15 is 0 Å². The van der Waals surface area contributed by atoms with Crippen molar-refractivity contribution in [1.29, 1.82) is 0 Å². The van der Waals surface area contributed by atoms with Gasteiger partial charge in [0.05, 0.1) is 7.11 Å². The fourth-order valence-corrected chi connectivity index (χ4v) is 2.07. The summed E-state index contributed by atoms with van der Waals surface area (Å²) in [6, 6.07) is 12.8. The van der Waals surface area contributed by atoms with Gasteiger partial charge < -0.3 is 16.2 Å². The van der Waals surface area contributed by atoms with Gasteiger partial charge in [-0.3, -0.25) is 5.10 Å². The van der Waals surface area contributed by atoms with Crippen LogP contribution in [0.5, 0.6) is 5.75 Å². The Labute approximate surface area is 121 Å². The molecule has 1 aromatic heterocycles. The Kier molecular flexibility index (Phi) is 3.19. The molecule has 5 N–H and O–H groups in total. The minimum Gasteiger partial charge on any atom is -0.497 e. The standard InChI is InChI=1S/C15H15N5O/c1-21-13-4-2-9(3-5-13)14-18-15(20-19-14)10-6-11(16)8-12(17)7-10/h2-8H,16-17H2,1H3,(H,18,19,20). The number of nitrogen functional groups attached to an aromatic ring is 2. The zero-order valence-electron chi connectivity index (χ0n) is 11.5. The molecule has 0 atom stereocenters. The van der Waals surface area contributed by atoms with Gasteiger partial charge in [0.15, 0.2) is 11.6 Å². The second-order valence-corrected chi connectivity index (χ2v) is 4.62. The Balaban J connectivity index is 1.95. The number of ether oxygens (including phenoxy) is 1. The van der Waals surface area contributed by atoms with Crippen molar-refractivity contribution >= 4 is 11.4 Å². The van der Waals surface area contributed by atoms with Gasteiger partial charge in [-0.1, -0.05) is 0 Å². The Hall–Kier alpha value is -3.02. The normalized spacial score (nSPS) is 10.5. The molecule has 6 nitrogen and oxygen atoms in total. The van der Waals surface area contributed by atoms with E-state index in [1.807, 2.05) is 24.3 Å². The molecule has 6 heteroatoms. The van der Waals surface area contributed by atoms with E-state index in [9.17, 15) is 0 Å². The lowest BCUT2D eigenvalue weighted by atomic mass is 10.1. The molecule has 0 aliphatic rings. The summed E-state index contributed by atoms with van der Waals surface area (Å²) in [5, 5.41) is 7.12. The molecule has 106 valence electrons. The van der Waals surface area contributed by atoms with Gasteiger partial charge in [-0.15, -0.1) is 0 Å². The summed E-state index contributed by atoms with van der Waals surface area (Å²) in [5.74, 6) is 2.02. The Bertz CT molecular complexity index is 744. The molecular weight excluding hydrogens is 266 g/mol. The van der Waals surface area contributed by atoms with Gasteiger partial charge in [-0.2, -0.15) is 5.10 Å². The third-order valence-corrected chi connectivity index (χ3v) is 3.08. The molecule has 21 heavy (non-hydrogen) atoms. The van der Waals surface area contributed by atoms with Crippen LogP contribution in [0.1, 0.15) is 0 Å². The summed E-state index contributed by atoms with van der Waals surface area (Å²) in [7, 11) is 1.63. The fourth-order valence-electron chi connectivity index (χ4n) is 2.07. The highest BCUT2D eigenvalue weighted by molar-refractivity contribution is 5.69. The summed E-state index contributed by atoms with van der Waals surface area (Å²) in [4.78, 5) is 4.47. The molecule has 2 aromatic carbocycles. The predicted octanol–water partition coefficient (Wildman–Crippen LogP) is 2.31. The first-order valence-corrected chi connectivity index (χ1v) is 6.39. The molecule has 0 amide bonds. The number of hydrogen-bond acceptors (Lipinski definition) is 5. The highest BCUT2D eigenvalue weighted by atomic mass is 16.5. The first kappa shape index (κ1) is 13.0. The van der Waals surface area contributed by atoms with E-state index in [0.717, 1.165) is 16.9 Å². The van der Waals surface area contributed by atoms with Crippen molar-refractivity contribution in [1.82, 2.24) is 15.2 Å². The smallest absolute Gasteiger partial charge is 0.181 e. The highest BCUT2D eigenvalue weighted by Crippen LogP contribution is 2.25. The van der Waals surface area contributed by atoms with Crippen LogP contribution in [0.25, 0.3) is 22.8 Å². The summed E-state index contributed by atoms with van der Waals surface area (Å²) >= 11 is 0. The van der Waals surface area contributed by atoms with Crippen LogP contribution in [-0.2, 0) is 0 Å². The number of nitrogens with one attached hydrogen (secondary N) is 1. The zero-order chi connectivity index (χ0) is 14.8. The average Bonchev–Trinajstić information content (AvgIpc) is 2.96. The molecular formula is C15H15N5O. The minimum atomic E-state index is 0.555. The third kappa shape index (κ3) is 2.64. The number of aromatic nitrogens is 3. The van der Waals surface area contributed by atoms with Crippen LogP contribution in [0, 0.1) is 0 Å². The van der Waals surface area contributed by atoms with Crippen LogP contribution in [0.4, 0.5) is 11.4 Å². The minimum absolute atomic E-state index is 0.555. The number of nitrogens with two attached hydrogens (primary N) is 2. The summed E-state index contributed by atoms with van der Waals surface area (Å²) < 4.78 is 5.13. The van der Waals surface area contributed by atoms with E-state index in [1.165, 1.54) is 0 Å². The predicted molar refractivity (Wildman–Crippen MR) is 82.6 cm³/mol. The number of nitrogens with zero attached hydrogens (tertiary/aromatic N) is 2. The summed E-state index contributed by atoms with van der Waals surface area (Å²) in [6.07, 6.45) is 0. The third-order valence-electron chi connectivity index (χ3n) is 3.08. The van der Waals surface area contributed by atoms with E-state index in [-0.39, 0.29) is 0 Å². The summed E-state index contributed by atoms with van der Waals surface area (Å²) in [5.41, 5.74) is 14.4. The first-order valence-electron chi connectivity index (χ1n) is 6.39. The fraction of sp³-hybridized carbons (Fsp3) is 0.0667. The van der Waals surface area contributed by atoms with Crippen LogP contribution in [0.3, 0.4) is 0 Å². The van der Waals surface area contributed by atoms with E-state index in [1.54, 1.807) is 25.3 Å². The Morgan fingerprint density at radius 1 is 0.952 bits per heavy atom. The molecule has 0 aliphatic heterocycles. The van der Waals surface area contributed by atoms with Crippen molar-refractivity contribution in [3.05, 3.63) is 42.5 Å². The molecule has 0 saturated carbocycles. The lowest BCUT2D eigenvalue weighted by molar-refractivity contribution is 0.415. The maximum absolute atomic E-state index is 5.79. The van der Waals surface area contributed by atoms with Gasteiger partial charge in [-0.25, -0.2) is 4.98 Å². The van der Waals surface area contributed by atoms with Gasteiger partial charge in [-0.05, 0) is 42.5 Å². The second kappa shape index (κ2) is 5.16. The molecule has 0 spiro atoms. The molecule has 0 saturated heterocycles. The highest BCUT2D eigenvalue weighted by Gasteiger charge is 2.09. The lowest BCUT2D eigenvalue weighted by Gasteiger charge is -2.01. The SMILES string of the molecule is COc1ccc(-c2nc(-c3cc(N)cc(N)c3)n[nH]2)cc1. The van der Waals surface area contributed by atoms with Gasteiger partial charge in [0.1, 0.15) is 5.75 Å². The number of anilines is 2.